The van der Waals surface area contributed by atoms with Crippen LogP contribution < -0.4 is 5.32 Å². The van der Waals surface area contributed by atoms with Crippen molar-refractivity contribution in [3.8, 4) is 0 Å². The molecule has 1 fully saturated rings. The minimum atomic E-state index is -5.14. The van der Waals surface area contributed by atoms with Crippen LogP contribution in [0.25, 0.3) is 0 Å². The van der Waals surface area contributed by atoms with Crippen LogP contribution in [0.5, 0.6) is 0 Å². The number of phosphoric acid groups is 1. The van der Waals surface area contributed by atoms with Crippen molar-refractivity contribution in [1.29, 1.82) is 0 Å². The van der Waals surface area contributed by atoms with Gasteiger partial charge in [0.1, 0.15) is 36.6 Å². The Hall–Kier alpha value is -1.22. The topological polar surface area (TPSA) is 226 Å². The lowest BCUT2D eigenvalue weighted by atomic mass is 9.85. The number of hydrogen-bond donors (Lipinski definition) is 9. The molecule has 0 bridgehead atoms. The molecule has 1 aliphatic carbocycles. The quantitative estimate of drug-likeness (QED) is 0.0180. The Balaban J connectivity index is 2.56. The number of phosphoric ester groups is 1. The lowest BCUT2D eigenvalue weighted by Crippen LogP contribution is -2.64. The zero-order valence-electron chi connectivity index (χ0n) is 35.3. The first kappa shape index (κ1) is 53.8. The third-order valence-corrected chi connectivity index (χ3v) is 11.8. The van der Waals surface area contributed by atoms with Gasteiger partial charge in [0.15, 0.2) is 0 Å². The first-order valence-corrected chi connectivity index (χ1v) is 23.9. The van der Waals surface area contributed by atoms with Crippen LogP contribution in [-0.2, 0) is 18.4 Å². The molecule has 0 aromatic heterocycles. The summed E-state index contributed by atoms with van der Waals surface area (Å²) in [6.07, 6.45) is 21.4. The number of aliphatic hydroxyl groups excluding tert-OH is 7. The van der Waals surface area contributed by atoms with Crippen molar-refractivity contribution in [2.75, 3.05) is 6.61 Å². The second-order valence-corrected chi connectivity index (χ2v) is 17.5. The fourth-order valence-electron chi connectivity index (χ4n) is 7.06. The second-order valence-electron chi connectivity index (χ2n) is 16.1. The van der Waals surface area contributed by atoms with E-state index in [9.17, 15) is 50.0 Å². The zero-order valence-corrected chi connectivity index (χ0v) is 36.1. The molecule has 0 spiro atoms. The van der Waals surface area contributed by atoms with Crippen molar-refractivity contribution in [2.45, 2.75) is 236 Å². The van der Waals surface area contributed by atoms with E-state index in [0.29, 0.717) is 12.8 Å². The van der Waals surface area contributed by atoms with Gasteiger partial charge in [0.05, 0.1) is 31.3 Å². The molecule has 8 atom stereocenters. The lowest BCUT2D eigenvalue weighted by molar-refractivity contribution is -0.220. The molecule has 1 rings (SSSR count). The Labute approximate surface area is 344 Å². The molecule has 336 valence electrons. The van der Waals surface area contributed by atoms with E-state index in [1.54, 1.807) is 6.08 Å². The van der Waals surface area contributed by atoms with Gasteiger partial charge in [0.25, 0.3) is 0 Å². The predicted octanol–water partition coefficient (Wildman–Crippen LogP) is 6.81. The van der Waals surface area contributed by atoms with Gasteiger partial charge in [-0.15, -0.1) is 0 Å². The first-order valence-electron chi connectivity index (χ1n) is 22.4. The molecule has 0 heterocycles. The average molecular weight is 836 g/mol. The third-order valence-electron chi connectivity index (χ3n) is 10.8. The Kier molecular flexibility index (Phi) is 31.6. The second kappa shape index (κ2) is 33.5. The molecule has 0 saturated heterocycles. The summed E-state index contributed by atoms with van der Waals surface area (Å²) in [5, 5.41) is 74.2. The van der Waals surface area contributed by atoms with Gasteiger partial charge < -0.3 is 46.0 Å². The van der Waals surface area contributed by atoms with E-state index >= 15 is 0 Å². The van der Waals surface area contributed by atoms with Crippen molar-refractivity contribution < 1.29 is 59.0 Å². The SMILES string of the molecule is CCCCCCCCCCC/C=C\CCCCCC(O)CC(=O)NC(COP(=O)(O)OC1C(O)C(O)C(O)C(O)C1O)C(O)/C=C/CCCCCCCCCCC. The van der Waals surface area contributed by atoms with Gasteiger partial charge in [-0.1, -0.05) is 154 Å². The molecule has 1 amide bonds. The fraction of sp³-hybridized carbons (Fsp3) is 0.884. The summed E-state index contributed by atoms with van der Waals surface area (Å²) in [6.45, 7) is 3.70. The summed E-state index contributed by atoms with van der Waals surface area (Å²) >= 11 is 0. The van der Waals surface area contributed by atoms with E-state index in [-0.39, 0.29) is 6.42 Å². The maximum Gasteiger partial charge on any atom is 0.472 e. The van der Waals surface area contributed by atoms with Gasteiger partial charge in [-0.2, -0.15) is 0 Å². The molecule has 14 heteroatoms. The largest absolute Gasteiger partial charge is 0.472 e. The molecule has 1 saturated carbocycles. The molecule has 13 nitrogen and oxygen atoms in total. The summed E-state index contributed by atoms with van der Waals surface area (Å²) < 4.78 is 22.8. The normalized spacial score (nSPS) is 24.2. The Morgan fingerprint density at radius 1 is 0.614 bits per heavy atom. The predicted molar refractivity (Wildman–Crippen MR) is 224 cm³/mol. The van der Waals surface area contributed by atoms with Crippen LogP contribution >= 0.6 is 7.82 Å². The van der Waals surface area contributed by atoms with Crippen LogP contribution in [0.3, 0.4) is 0 Å². The van der Waals surface area contributed by atoms with E-state index < -0.39 is 75.2 Å². The first-order chi connectivity index (χ1) is 27.3. The number of unbranched alkanes of at least 4 members (excludes halogenated alkanes) is 21. The van der Waals surface area contributed by atoms with Gasteiger partial charge >= 0.3 is 7.82 Å². The van der Waals surface area contributed by atoms with Crippen LogP contribution in [0.15, 0.2) is 24.3 Å². The number of allylic oxidation sites excluding steroid dienone is 3. The highest BCUT2D eigenvalue weighted by molar-refractivity contribution is 7.47. The van der Waals surface area contributed by atoms with Crippen molar-refractivity contribution in [3.63, 3.8) is 0 Å². The highest BCUT2D eigenvalue weighted by Gasteiger charge is 2.51. The Morgan fingerprint density at radius 3 is 1.49 bits per heavy atom. The number of nitrogens with one attached hydrogen (secondary N) is 1. The number of aliphatic hydroxyl groups is 7. The minimum absolute atomic E-state index is 0.254. The van der Waals surface area contributed by atoms with Crippen LogP contribution in [0, 0.1) is 0 Å². The molecule has 57 heavy (non-hydrogen) atoms. The van der Waals surface area contributed by atoms with Crippen LogP contribution in [-0.4, -0.2) is 108 Å². The van der Waals surface area contributed by atoms with E-state index in [1.165, 1.54) is 102 Å². The third kappa shape index (κ3) is 25.9. The van der Waals surface area contributed by atoms with Gasteiger partial charge in [-0.3, -0.25) is 13.8 Å². The molecule has 1 aliphatic rings. The van der Waals surface area contributed by atoms with Gasteiger partial charge in [-0.05, 0) is 44.9 Å². The number of hydrogen-bond acceptors (Lipinski definition) is 11. The molecule has 0 aromatic carbocycles. The zero-order chi connectivity index (χ0) is 42.3. The number of rotatable bonds is 36. The summed E-state index contributed by atoms with van der Waals surface area (Å²) in [7, 11) is -5.14. The van der Waals surface area contributed by atoms with Crippen molar-refractivity contribution in [2.24, 2.45) is 0 Å². The average Bonchev–Trinajstić information content (AvgIpc) is 3.18. The van der Waals surface area contributed by atoms with Crippen molar-refractivity contribution >= 4 is 13.7 Å². The Bertz CT molecular complexity index is 1080. The molecule has 0 aromatic rings. The van der Waals surface area contributed by atoms with Gasteiger partial charge in [0.2, 0.25) is 5.91 Å². The lowest BCUT2D eigenvalue weighted by Gasteiger charge is -2.41. The molecule has 0 aliphatic heterocycles. The van der Waals surface area contributed by atoms with Crippen LogP contribution in [0.2, 0.25) is 0 Å². The summed E-state index contributed by atoms with van der Waals surface area (Å²) in [5.41, 5.74) is 0. The van der Waals surface area contributed by atoms with Crippen molar-refractivity contribution in [1.82, 2.24) is 5.32 Å². The summed E-state index contributed by atoms with van der Waals surface area (Å²) in [4.78, 5) is 23.4. The van der Waals surface area contributed by atoms with Gasteiger partial charge in [0, 0.05) is 0 Å². The molecule has 9 N–H and O–H groups in total. The van der Waals surface area contributed by atoms with E-state index in [1.807, 2.05) is 0 Å². The van der Waals surface area contributed by atoms with Crippen molar-refractivity contribution in [3.05, 3.63) is 24.3 Å². The van der Waals surface area contributed by atoms with Crippen LogP contribution in [0.1, 0.15) is 181 Å². The Morgan fingerprint density at radius 2 is 1.02 bits per heavy atom. The molecular formula is C43H82NO12P. The number of amides is 1. The fourth-order valence-corrected chi connectivity index (χ4v) is 8.02. The summed E-state index contributed by atoms with van der Waals surface area (Å²) in [5.74, 6) is -0.603. The molecule has 0 radical (unpaired) electrons. The highest BCUT2D eigenvalue weighted by atomic mass is 31.2. The van der Waals surface area contributed by atoms with Gasteiger partial charge in [-0.25, -0.2) is 4.57 Å². The monoisotopic (exact) mass is 836 g/mol. The smallest absolute Gasteiger partial charge is 0.393 e. The van der Waals surface area contributed by atoms with E-state index in [0.717, 1.165) is 51.4 Å². The maximum absolute atomic E-state index is 13.0. The molecule has 8 unspecified atom stereocenters. The minimum Gasteiger partial charge on any atom is -0.393 e. The van der Waals surface area contributed by atoms with E-state index in [4.69, 9.17) is 9.05 Å². The maximum atomic E-state index is 13.0. The standard InChI is InChI=1S/C43H82NO12P/c1-3-5-7-9-11-13-15-16-17-18-19-21-22-24-26-28-30-34(45)32-37(47)44-35(36(46)31-29-27-25-23-20-14-12-10-8-6-4-2)33-55-57(53,54)56-43-41(51)39(49)38(48)40(50)42(43)52/h19,21,29,31,34-36,38-43,45-46,48-52H,3-18,20,22-28,30,32-33H2,1-2H3,(H,44,47)(H,53,54)/b21-19-,31-29+. The van der Waals surface area contributed by atoms with Crippen LogP contribution in [0.4, 0.5) is 0 Å². The number of carbonyl (C=O) groups is 1. The highest BCUT2D eigenvalue weighted by Crippen LogP contribution is 2.47. The summed E-state index contributed by atoms with van der Waals surface area (Å²) in [6, 6.07) is -1.24. The molecular weight excluding hydrogens is 753 g/mol. The number of carbonyl (C=O) groups excluding carboxylic acids is 1. The van der Waals surface area contributed by atoms with E-state index in [2.05, 4.69) is 31.3 Å².